The van der Waals surface area contributed by atoms with Crippen LogP contribution < -0.4 is 15.0 Å². The molecule has 3 aromatic rings. The normalized spacial score (nSPS) is 14.4. The molecule has 3 aromatic carbocycles. The number of nitrogens with zero attached hydrogens (tertiary/aromatic N) is 2. The van der Waals surface area contributed by atoms with Gasteiger partial charge in [-0.3, -0.25) is 4.79 Å². The molecule has 0 bridgehead atoms. The number of benzene rings is 3. The predicted molar refractivity (Wildman–Crippen MR) is 131 cm³/mol. The summed E-state index contributed by atoms with van der Waals surface area (Å²) < 4.78 is 52.2. The van der Waals surface area contributed by atoms with Crippen molar-refractivity contribution in [2.24, 2.45) is 0 Å². The molecule has 184 valence electrons. The minimum Gasteiger partial charge on any atom is -0.455 e. The number of carbonyl (C=O) groups excluding carboxylic acids is 1. The number of hydrogen-bond acceptors (Lipinski definition) is 6. The molecule has 1 fully saturated rings. The molecule has 10 heteroatoms. The van der Waals surface area contributed by atoms with Crippen LogP contribution in [0.3, 0.4) is 0 Å². The number of amides is 1. The molecule has 1 heterocycles. The summed E-state index contributed by atoms with van der Waals surface area (Å²) in [7, 11) is -0.0745. The molecule has 0 aromatic heterocycles. The number of ether oxygens (including phenoxy) is 2. The van der Waals surface area contributed by atoms with Crippen molar-refractivity contribution in [1.82, 2.24) is 4.31 Å². The van der Waals surface area contributed by atoms with Gasteiger partial charge in [0, 0.05) is 38.4 Å². The molecule has 1 aliphatic heterocycles. The molecular formula is C25H26FN3O5S. The van der Waals surface area contributed by atoms with Crippen molar-refractivity contribution in [3.63, 3.8) is 0 Å². The SMILES string of the molecule is CN(C)c1cccc(C(=O)Nc2cc(S(=O)(=O)N3CCOCC3)ccc2Oc2ccc(F)cc2)c1. The lowest BCUT2D eigenvalue weighted by molar-refractivity contribution is 0.0730. The summed E-state index contributed by atoms with van der Waals surface area (Å²) >= 11 is 0. The molecule has 0 saturated carbocycles. The average molecular weight is 500 g/mol. The molecule has 0 spiro atoms. The second-order valence-electron chi connectivity index (χ2n) is 8.13. The number of anilines is 2. The van der Waals surface area contributed by atoms with Gasteiger partial charge in [0.1, 0.15) is 11.6 Å². The van der Waals surface area contributed by atoms with Crippen molar-refractivity contribution in [2.45, 2.75) is 4.90 Å². The smallest absolute Gasteiger partial charge is 0.255 e. The van der Waals surface area contributed by atoms with E-state index in [4.69, 9.17) is 9.47 Å². The maximum atomic E-state index is 13.3. The van der Waals surface area contributed by atoms with Gasteiger partial charge >= 0.3 is 0 Å². The van der Waals surface area contributed by atoms with Crippen LogP contribution in [0.4, 0.5) is 15.8 Å². The monoisotopic (exact) mass is 499 g/mol. The van der Waals surface area contributed by atoms with E-state index in [0.29, 0.717) is 24.5 Å². The van der Waals surface area contributed by atoms with Crippen LogP contribution in [0.5, 0.6) is 11.5 Å². The first-order chi connectivity index (χ1) is 16.7. The van der Waals surface area contributed by atoms with Gasteiger partial charge < -0.3 is 19.7 Å². The van der Waals surface area contributed by atoms with Crippen LogP contribution >= 0.6 is 0 Å². The molecule has 0 aliphatic carbocycles. The van der Waals surface area contributed by atoms with Crippen LogP contribution in [0, 0.1) is 5.82 Å². The van der Waals surface area contributed by atoms with Crippen molar-refractivity contribution in [2.75, 3.05) is 50.6 Å². The topological polar surface area (TPSA) is 88.2 Å². The van der Waals surface area contributed by atoms with E-state index in [0.717, 1.165) is 5.69 Å². The summed E-state index contributed by atoms with van der Waals surface area (Å²) in [6.07, 6.45) is 0. The van der Waals surface area contributed by atoms with Crippen molar-refractivity contribution in [3.05, 3.63) is 78.1 Å². The Morgan fingerprint density at radius 3 is 2.43 bits per heavy atom. The first kappa shape index (κ1) is 24.6. The number of hydrogen-bond donors (Lipinski definition) is 1. The largest absolute Gasteiger partial charge is 0.455 e. The second kappa shape index (κ2) is 10.4. The fourth-order valence-electron chi connectivity index (χ4n) is 3.54. The van der Waals surface area contributed by atoms with E-state index in [1.807, 2.05) is 25.1 Å². The van der Waals surface area contributed by atoms with Crippen LogP contribution in [-0.2, 0) is 14.8 Å². The highest BCUT2D eigenvalue weighted by Gasteiger charge is 2.27. The zero-order valence-electron chi connectivity index (χ0n) is 19.4. The number of rotatable bonds is 7. The molecule has 0 atom stereocenters. The number of sulfonamides is 1. The highest BCUT2D eigenvalue weighted by atomic mass is 32.2. The van der Waals surface area contributed by atoms with Crippen LogP contribution in [0.25, 0.3) is 0 Å². The molecule has 8 nitrogen and oxygen atoms in total. The van der Waals surface area contributed by atoms with Gasteiger partial charge in [0.25, 0.3) is 5.91 Å². The Hall–Kier alpha value is -3.47. The third kappa shape index (κ3) is 5.79. The van der Waals surface area contributed by atoms with E-state index >= 15 is 0 Å². The lowest BCUT2D eigenvalue weighted by atomic mass is 10.1. The Bertz CT molecular complexity index is 1310. The van der Waals surface area contributed by atoms with Gasteiger partial charge in [-0.1, -0.05) is 6.07 Å². The minimum atomic E-state index is -3.81. The highest BCUT2D eigenvalue weighted by Crippen LogP contribution is 2.33. The fraction of sp³-hybridized carbons (Fsp3) is 0.240. The van der Waals surface area contributed by atoms with Crippen LogP contribution in [0.15, 0.2) is 71.6 Å². The van der Waals surface area contributed by atoms with Crippen molar-refractivity contribution < 1.29 is 27.1 Å². The minimum absolute atomic E-state index is 0.0169. The Kier molecular flexibility index (Phi) is 7.34. The van der Waals surface area contributed by atoms with Gasteiger partial charge in [-0.2, -0.15) is 4.31 Å². The van der Waals surface area contributed by atoms with Gasteiger partial charge in [-0.05, 0) is 60.7 Å². The Morgan fingerprint density at radius 2 is 1.74 bits per heavy atom. The Balaban J connectivity index is 1.69. The predicted octanol–water partition coefficient (Wildman–Crippen LogP) is 3.96. The second-order valence-corrected chi connectivity index (χ2v) is 10.1. The maximum absolute atomic E-state index is 13.3. The van der Waals surface area contributed by atoms with Crippen LogP contribution in [0.2, 0.25) is 0 Å². The molecule has 0 radical (unpaired) electrons. The summed E-state index contributed by atoms with van der Waals surface area (Å²) in [5.41, 5.74) is 1.40. The fourth-order valence-corrected chi connectivity index (χ4v) is 4.98. The number of nitrogens with one attached hydrogen (secondary N) is 1. The summed E-state index contributed by atoms with van der Waals surface area (Å²) in [4.78, 5) is 15.0. The van der Waals surface area contributed by atoms with Crippen LogP contribution in [0.1, 0.15) is 10.4 Å². The number of halogens is 1. The molecule has 0 unspecified atom stereocenters. The first-order valence-electron chi connectivity index (χ1n) is 11.0. The summed E-state index contributed by atoms with van der Waals surface area (Å²) in [5, 5.41) is 2.78. The van der Waals surface area contributed by atoms with Crippen molar-refractivity contribution >= 4 is 27.3 Å². The lowest BCUT2D eigenvalue weighted by Gasteiger charge is -2.26. The standard InChI is InChI=1S/C25H26FN3O5S/c1-28(2)20-5-3-4-18(16-20)25(30)27-23-17-22(35(31,32)29-12-14-33-15-13-29)10-11-24(23)34-21-8-6-19(26)7-9-21/h3-11,16-17H,12-15H2,1-2H3,(H,27,30). The zero-order valence-corrected chi connectivity index (χ0v) is 20.2. The van der Waals surface area contributed by atoms with E-state index in [1.54, 1.807) is 18.2 Å². The highest BCUT2D eigenvalue weighted by molar-refractivity contribution is 7.89. The summed E-state index contributed by atoms with van der Waals surface area (Å²) in [5.74, 6) is -0.299. The van der Waals surface area contributed by atoms with E-state index in [1.165, 1.54) is 46.8 Å². The van der Waals surface area contributed by atoms with Crippen LogP contribution in [-0.4, -0.2) is 59.0 Å². The average Bonchev–Trinajstić information content (AvgIpc) is 2.87. The third-order valence-electron chi connectivity index (χ3n) is 5.47. The van der Waals surface area contributed by atoms with E-state index in [-0.39, 0.29) is 29.4 Å². The summed E-state index contributed by atoms with van der Waals surface area (Å²) in [6, 6.07) is 16.7. The quantitative estimate of drug-likeness (QED) is 0.530. The molecule has 1 saturated heterocycles. The van der Waals surface area contributed by atoms with Gasteiger partial charge in [0.2, 0.25) is 10.0 Å². The first-order valence-corrected chi connectivity index (χ1v) is 12.4. The van der Waals surface area contributed by atoms with E-state index in [2.05, 4.69) is 5.32 Å². The molecule has 1 amide bonds. The number of carbonyl (C=O) groups is 1. The van der Waals surface area contributed by atoms with Gasteiger partial charge in [0.05, 0.1) is 23.8 Å². The Morgan fingerprint density at radius 1 is 1.03 bits per heavy atom. The molecule has 35 heavy (non-hydrogen) atoms. The van der Waals surface area contributed by atoms with E-state index < -0.39 is 21.7 Å². The lowest BCUT2D eigenvalue weighted by Crippen LogP contribution is -2.40. The van der Waals surface area contributed by atoms with Gasteiger partial charge in [0.15, 0.2) is 5.75 Å². The van der Waals surface area contributed by atoms with Crippen molar-refractivity contribution in [3.8, 4) is 11.5 Å². The molecule has 1 aliphatic rings. The third-order valence-corrected chi connectivity index (χ3v) is 7.37. The Labute approximate surface area is 203 Å². The van der Waals surface area contributed by atoms with E-state index in [9.17, 15) is 17.6 Å². The van der Waals surface area contributed by atoms with Gasteiger partial charge in [-0.15, -0.1) is 0 Å². The molecule has 4 rings (SSSR count). The molecule has 1 N–H and O–H groups in total. The molecular weight excluding hydrogens is 473 g/mol. The van der Waals surface area contributed by atoms with Gasteiger partial charge in [-0.25, -0.2) is 12.8 Å². The summed E-state index contributed by atoms with van der Waals surface area (Å²) in [6.45, 7) is 1.12. The zero-order chi connectivity index (χ0) is 25.0. The van der Waals surface area contributed by atoms with Crippen molar-refractivity contribution in [1.29, 1.82) is 0 Å². The number of morpholine rings is 1. The maximum Gasteiger partial charge on any atom is 0.255 e.